The molecular formula is C17H21N3. The van der Waals surface area contributed by atoms with Crippen molar-refractivity contribution < 1.29 is 0 Å². The molecule has 104 valence electrons. The van der Waals surface area contributed by atoms with Gasteiger partial charge in [-0.3, -0.25) is 10.2 Å². The lowest BCUT2D eigenvalue weighted by atomic mass is 9.90. The Hall–Kier alpha value is -1.81. The molecule has 3 heteroatoms. The summed E-state index contributed by atoms with van der Waals surface area (Å²) in [6.07, 6.45) is 7.36. The second-order valence-electron chi connectivity index (χ2n) is 5.29. The van der Waals surface area contributed by atoms with Gasteiger partial charge in [0.1, 0.15) is 0 Å². The van der Waals surface area contributed by atoms with E-state index in [1.54, 1.807) is 0 Å². The Labute approximate surface area is 121 Å². The summed E-state index contributed by atoms with van der Waals surface area (Å²) < 4.78 is 0. The van der Waals surface area contributed by atoms with Gasteiger partial charge in [0.25, 0.3) is 0 Å². The summed E-state index contributed by atoms with van der Waals surface area (Å²) in [6, 6.07) is 12.8. The number of piperidine rings is 1. The molecule has 2 rings (SSSR count). The lowest BCUT2D eigenvalue weighted by Gasteiger charge is -2.34. The molecule has 1 N–H and O–H groups in total. The molecule has 0 amide bonds. The van der Waals surface area contributed by atoms with Crippen LogP contribution in [0.5, 0.6) is 0 Å². The highest BCUT2D eigenvalue weighted by Gasteiger charge is 2.25. The van der Waals surface area contributed by atoms with E-state index in [0.29, 0.717) is 12.5 Å². The molecule has 1 unspecified atom stereocenters. The van der Waals surface area contributed by atoms with Gasteiger partial charge in [-0.05, 0) is 37.4 Å². The number of terminal acetylenes is 1. The number of hydrogen-bond acceptors (Lipinski definition) is 3. The number of nitrogens with one attached hydrogen (secondary N) is 1. The molecule has 0 bridgehead atoms. The van der Waals surface area contributed by atoms with Gasteiger partial charge in [-0.1, -0.05) is 36.3 Å². The Bertz CT molecular complexity index is 475. The van der Waals surface area contributed by atoms with Crippen molar-refractivity contribution in [3.8, 4) is 18.4 Å². The highest BCUT2D eigenvalue weighted by atomic mass is 15.1. The first kappa shape index (κ1) is 14.6. The maximum Gasteiger partial charge on any atom is 0.0989 e. The molecule has 1 aromatic carbocycles. The molecule has 1 heterocycles. The third kappa shape index (κ3) is 4.10. The Balaban J connectivity index is 1.80. The van der Waals surface area contributed by atoms with Crippen LogP contribution in [0.25, 0.3) is 0 Å². The summed E-state index contributed by atoms with van der Waals surface area (Å²) in [5.41, 5.74) is 1.35. The first-order valence-corrected chi connectivity index (χ1v) is 7.16. The molecule has 0 aromatic heterocycles. The minimum Gasteiger partial charge on any atom is -0.299 e. The van der Waals surface area contributed by atoms with E-state index >= 15 is 0 Å². The van der Waals surface area contributed by atoms with Crippen molar-refractivity contribution in [1.29, 1.82) is 5.26 Å². The Morgan fingerprint density at radius 2 is 2.00 bits per heavy atom. The second-order valence-corrected chi connectivity index (χ2v) is 5.29. The van der Waals surface area contributed by atoms with E-state index < -0.39 is 0 Å². The van der Waals surface area contributed by atoms with Crippen LogP contribution in [0.15, 0.2) is 30.3 Å². The number of benzene rings is 1. The zero-order chi connectivity index (χ0) is 14.2. The van der Waals surface area contributed by atoms with Gasteiger partial charge in [-0.15, -0.1) is 6.42 Å². The van der Waals surface area contributed by atoms with Gasteiger partial charge in [0.15, 0.2) is 0 Å². The summed E-state index contributed by atoms with van der Waals surface area (Å²) in [5.74, 6) is 2.96. The smallest absolute Gasteiger partial charge is 0.0989 e. The highest BCUT2D eigenvalue weighted by molar-refractivity contribution is 5.14. The lowest BCUT2D eigenvalue weighted by molar-refractivity contribution is 0.165. The van der Waals surface area contributed by atoms with Gasteiger partial charge in [-0.25, -0.2) is 0 Å². The van der Waals surface area contributed by atoms with Crippen molar-refractivity contribution in [1.82, 2.24) is 10.2 Å². The van der Waals surface area contributed by atoms with E-state index in [9.17, 15) is 5.26 Å². The fraction of sp³-hybridized carbons (Fsp3) is 0.471. The molecule has 0 spiro atoms. The van der Waals surface area contributed by atoms with Crippen LogP contribution < -0.4 is 5.32 Å². The number of likely N-dealkylation sites (tertiary alicyclic amines) is 1. The molecule has 1 atom stereocenters. The topological polar surface area (TPSA) is 39.1 Å². The van der Waals surface area contributed by atoms with Gasteiger partial charge in [0.05, 0.1) is 18.7 Å². The lowest BCUT2D eigenvalue weighted by Crippen LogP contribution is -2.42. The zero-order valence-corrected chi connectivity index (χ0v) is 11.8. The standard InChI is InChI=1S/C17H21N3/c1-2-10-19-17(13-18)16-8-11-20(12-9-16)14-15-6-4-3-5-7-15/h1,3-7,16-17,19H,8-12,14H2. The maximum atomic E-state index is 9.21. The number of nitrogens with zero attached hydrogens (tertiary/aromatic N) is 2. The van der Waals surface area contributed by atoms with Crippen LogP contribution in [0, 0.1) is 29.6 Å². The van der Waals surface area contributed by atoms with E-state index in [1.807, 2.05) is 6.07 Å². The second kappa shape index (κ2) is 7.70. The van der Waals surface area contributed by atoms with Gasteiger partial charge in [0, 0.05) is 6.54 Å². The fourth-order valence-electron chi connectivity index (χ4n) is 2.77. The van der Waals surface area contributed by atoms with Crippen LogP contribution in [0.2, 0.25) is 0 Å². The maximum absolute atomic E-state index is 9.21. The SMILES string of the molecule is C#CCNC(C#N)C1CCN(Cc2ccccc2)CC1. The monoisotopic (exact) mass is 267 g/mol. The van der Waals surface area contributed by atoms with Crippen molar-refractivity contribution in [3.63, 3.8) is 0 Å². The summed E-state index contributed by atoms with van der Waals surface area (Å²) >= 11 is 0. The molecule has 20 heavy (non-hydrogen) atoms. The quantitative estimate of drug-likeness (QED) is 0.830. The largest absolute Gasteiger partial charge is 0.299 e. The highest BCUT2D eigenvalue weighted by Crippen LogP contribution is 2.21. The van der Waals surface area contributed by atoms with E-state index in [1.165, 1.54) is 5.56 Å². The molecule has 3 nitrogen and oxygen atoms in total. The predicted molar refractivity (Wildman–Crippen MR) is 80.7 cm³/mol. The summed E-state index contributed by atoms with van der Waals surface area (Å²) in [6.45, 7) is 3.58. The molecule has 0 saturated carbocycles. The number of rotatable bonds is 5. The van der Waals surface area contributed by atoms with Crippen molar-refractivity contribution >= 4 is 0 Å². The van der Waals surface area contributed by atoms with E-state index in [-0.39, 0.29) is 6.04 Å². The summed E-state index contributed by atoms with van der Waals surface area (Å²) in [5, 5.41) is 12.3. The molecule has 1 aliphatic rings. The molecule has 0 aliphatic carbocycles. The van der Waals surface area contributed by atoms with E-state index in [2.05, 4.69) is 46.5 Å². The molecule has 1 aromatic rings. The molecule has 0 radical (unpaired) electrons. The molecule has 1 saturated heterocycles. The first-order chi connectivity index (χ1) is 9.83. The van der Waals surface area contributed by atoms with Crippen molar-refractivity contribution in [3.05, 3.63) is 35.9 Å². The van der Waals surface area contributed by atoms with Crippen LogP contribution in [-0.2, 0) is 6.54 Å². The first-order valence-electron chi connectivity index (χ1n) is 7.16. The van der Waals surface area contributed by atoms with Crippen molar-refractivity contribution in [2.24, 2.45) is 5.92 Å². The fourth-order valence-corrected chi connectivity index (χ4v) is 2.77. The number of hydrogen-bond donors (Lipinski definition) is 1. The van der Waals surface area contributed by atoms with Crippen molar-refractivity contribution in [2.75, 3.05) is 19.6 Å². The van der Waals surface area contributed by atoms with E-state index in [0.717, 1.165) is 32.5 Å². The Kier molecular flexibility index (Phi) is 5.62. The Morgan fingerprint density at radius 1 is 1.30 bits per heavy atom. The van der Waals surface area contributed by atoms with E-state index in [4.69, 9.17) is 6.42 Å². The summed E-state index contributed by atoms with van der Waals surface area (Å²) in [7, 11) is 0. The van der Waals surface area contributed by atoms with Crippen molar-refractivity contribution in [2.45, 2.75) is 25.4 Å². The van der Waals surface area contributed by atoms with Gasteiger partial charge in [0.2, 0.25) is 0 Å². The van der Waals surface area contributed by atoms with Crippen LogP contribution in [0.1, 0.15) is 18.4 Å². The van der Waals surface area contributed by atoms with Gasteiger partial charge < -0.3 is 0 Å². The summed E-state index contributed by atoms with van der Waals surface area (Å²) in [4.78, 5) is 2.46. The third-order valence-electron chi connectivity index (χ3n) is 3.92. The number of nitriles is 1. The Morgan fingerprint density at radius 3 is 2.60 bits per heavy atom. The molecule has 1 fully saturated rings. The average Bonchev–Trinajstić information content (AvgIpc) is 2.50. The average molecular weight is 267 g/mol. The molecular weight excluding hydrogens is 246 g/mol. The predicted octanol–water partition coefficient (Wildman–Crippen LogP) is 2.01. The van der Waals surface area contributed by atoms with Gasteiger partial charge >= 0.3 is 0 Å². The van der Waals surface area contributed by atoms with Gasteiger partial charge in [-0.2, -0.15) is 5.26 Å². The van der Waals surface area contributed by atoms with Crippen LogP contribution in [0.3, 0.4) is 0 Å². The van der Waals surface area contributed by atoms with Crippen LogP contribution in [0.4, 0.5) is 0 Å². The normalized spacial score (nSPS) is 18.1. The minimum absolute atomic E-state index is 0.107. The molecule has 1 aliphatic heterocycles. The van der Waals surface area contributed by atoms with Crippen LogP contribution in [-0.4, -0.2) is 30.6 Å². The third-order valence-corrected chi connectivity index (χ3v) is 3.92. The van der Waals surface area contributed by atoms with Crippen LogP contribution >= 0.6 is 0 Å². The zero-order valence-electron chi connectivity index (χ0n) is 11.8. The minimum atomic E-state index is -0.107.